The zero-order valence-corrected chi connectivity index (χ0v) is 17.2. The van der Waals surface area contributed by atoms with Gasteiger partial charge in [-0.2, -0.15) is 4.98 Å². The number of carbonyl (C=O) groups excluding carboxylic acids is 1. The molecule has 3 heterocycles. The van der Waals surface area contributed by atoms with Crippen molar-refractivity contribution in [2.45, 2.75) is 51.0 Å². The van der Waals surface area contributed by atoms with Gasteiger partial charge in [0, 0.05) is 26.1 Å². The molecule has 1 aromatic heterocycles. The summed E-state index contributed by atoms with van der Waals surface area (Å²) in [5.74, 6) is 2.84. The Labute approximate surface area is 171 Å². The molecule has 2 fully saturated rings. The molecule has 156 valence electrons. The van der Waals surface area contributed by atoms with E-state index in [9.17, 15) is 4.79 Å². The molecule has 7 nitrogen and oxygen atoms in total. The third kappa shape index (κ3) is 4.78. The highest BCUT2D eigenvalue weighted by molar-refractivity contribution is 5.79. The minimum Gasteiger partial charge on any atom is -0.497 e. The van der Waals surface area contributed by atoms with Gasteiger partial charge in [-0.3, -0.25) is 4.79 Å². The number of hydrogen-bond donors (Lipinski definition) is 0. The average molecular weight is 399 g/mol. The number of carbonyl (C=O) groups is 1. The average Bonchev–Trinajstić information content (AvgIpc) is 3.13. The van der Waals surface area contributed by atoms with Gasteiger partial charge >= 0.3 is 0 Å². The first-order chi connectivity index (χ1) is 14.0. The molecule has 1 unspecified atom stereocenters. The van der Waals surface area contributed by atoms with Crippen molar-refractivity contribution in [3.8, 4) is 5.75 Å². The number of amides is 1. The molecule has 0 radical (unpaired) electrons. The van der Waals surface area contributed by atoms with Crippen molar-refractivity contribution in [1.29, 1.82) is 0 Å². The van der Waals surface area contributed by atoms with E-state index in [0.29, 0.717) is 18.2 Å². The summed E-state index contributed by atoms with van der Waals surface area (Å²) in [6.07, 6.45) is 5.00. The van der Waals surface area contributed by atoms with Crippen LogP contribution in [0.1, 0.15) is 43.0 Å². The number of nitrogens with zero attached hydrogens (tertiary/aromatic N) is 3. The number of rotatable bonds is 5. The molecule has 4 rings (SSSR count). The molecule has 7 heteroatoms. The normalized spacial score (nSPS) is 21.3. The summed E-state index contributed by atoms with van der Waals surface area (Å²) >= 11 is 0. The van der Waals surface area contributed by atoms with Crippen LogP contribution in [0.2, 0.25) is 0 Å². The molecule has 2 saturated heterocycles. The molecule has 2 aliphatic heterocycles. The van der Waals surface area contributed by atoms with Gasteiger partial charge in [0.25, 0.3) is 0 Å². The second kappa shape index (κ2) is 8.53. The summed E-state index contributed by atoms with van der Waals surface area (Å²) in [4.78, 5) is 19.1. The van der Waals surface area contributed by atoms with Gasteiger partial charge in [-0.05, 0) is 56.2 Å². The van der Waals surface area contributed by atoms with Crippen molar-refractivity contribution in [2.75, 3.05) is 26.8 Å². The van der Waals surface area contributed by atoms with E-state index in [1.54, 1.807) is 7.11 Å². The van der Waals surface area contributed by atoms with Crippen LogP contribution >= 0.6 is 0 Å². The first-order valence-electron chi connectivity index (χ1n) is 10.4. The van der Waals surface area contributed by atoms with Gasteiger partial charge < -0.3 is 18.9 Å². The van der Waals surface area contributed by atoms with Crippen LogP contribution in [0.3, 0.4) is 0 Å². The highest BCUT2D eigenvalue weighted by atomic mass is 16.5. The molecule has 1 aromatic carbocycles. The van der Waals surface area contributed by atoms with Gasteiger partial charge in [0.15, 0.2) is 5.82 Å². The predicted octanol–water partition coefficient (Wildman–Crippen LogP) is 2.96. The van der Waals surface area contributed by atoms with Crippen LogP contribution in [-0.2, 0) is 22.4 Å². The van der Waals surface area contributed by atoms with E-state index in [-0.39, 0.29) is 11.5 Å². The van der Waals surface area contributed by atoms with Crippen molar-refractivity contribution >= 4 is 5.91 Å². The SMILES string of the molecule is COc1cccc(CC(=O)N2CCC3(CC2)CC(Cc2nc(C)no2)CCO3)c1. The number of piperidine rings is 1. The Morgan fingerprint density at radius 3 is 2.90 bits per heavy atom. The summed E-state index contributed by atoms with van der Waals surface area (Å²) < 4.78 is 16.8. The quantitative estimate of drug-likeness (QED) is 0.769. The first-order valence-corrected chi connectivity index (χ1v) is 10.4. The van der Waals surface area contributed by atoms with Crippen molar-refractivity contribution in [3.05, 3.63) is 41.5 Å². The minimum atomic E-state index is -0.120. The third-order valence-corrected chi connectivity index (χ3v) is 6.14. The van der Waals surface area contributed by atoms with Crippen LogP contribution in [0.25, 0.3) is 0 Å². The van der Waals surface area contributed by atoms with Crippen LogP contribution in [0.15, 0.2) is 28.8 Å². The largest absolute Gasteiger partial charge is 0.497 e. The highest BCUT2D eigenvalue weighted by Gasteiger charge is 2.41. The first kappa shape index (κ1) is 19.9. The lowest BCUT2D eigenvalue weighted by Gasteiger charge is -2.46. The van der Waals surface area contributed by atoms with E-state index in [1.807, 2.05) is 36.1 Å². The molecule has 2 aromatic rings. The molecule has 0 aliphatic carbocycles. The van der Waals surface area contributed by atoms with Crippen molar-refractivity contribution in [2.24, 2.45) is 5.92 Å². The van der Waals surface area contributed by atoms with E-state index < -0.39 is 0 Å². The lowest BCUT2D eigenvalue weighted by atomic mass is 9.78. The van der Waals surface area contributed by atoms with Gasteiger partial charge in [-0.25, -0.2) is 0 Å². The number of benzene rings is 1. The Kier molecular flexibility index (Phi) is 5.85. The fraction of sp³-hybridized carbons (Fsp3) is 0.591. The Bertz CT molecular complexity index is 842. The molecule has 0 N–H and O–H groups in total. The standard InChI is InChI=1S/C22H29N3O4/c1-16-23-20(29-24-16)13-18-6-11-28-22(15-18)7-9-25(10-8-22)21(26)14-17-4-3-5-19(12-17)27-2/h3-5,12,18H,6-11,13-15H2,1-2H3. The maximum absolute atomic E-state index is 12.8. The van der Waals surface area contributed by atoms with Crippen LogP contribution in [0, 0.1) is 12.8 Å². The minimum absolute atomic E-state index is 0.120. The molecule has 1 spiro atoms. The van der Waals surface area contributed by atoms with E-state index in [1.165, 1.54) is 0 Å². The monoisotopic (exact) mass is 399 g/mol. The number of likely N-dealkylation sites (tertiary alicyclic amines) is 1. The Balaban J connectivity index is 1.31. The molecule has 0 bridgehead atoms. The van der Waals surface area contributed by atoms with Crippen LogP contribution in [-0.4, -0.2) is 53.4 Å². The zero-order valence-electron chi connectivity index (χ0n) is 17.2. The molecule has 1 amide bonds. The molecular formula is C22H29N3O4. The van der Waals surface area contributed by atoms with Crippen LogP contribution in [0.4, 0.5) is 0 Å². The fourth-order valence-corrected chi connectivity index (χ4v) is 4.55. The number of ether oxygens (including phenoxy) is 2. The van der Waals surface area contributed by atoms with Crippen LogP contribution in [0.5, 0.6) is 5.75 Å². The number of methoxy groups -OCH3 is 1. The molecule has 2 aliphatic rings. The maximum Gasteiger partial charge on any atom is 0.226 e. The van der Waals surface area contributed by atoms with Gasteiger partial charge in [-0.1, -0.05) is 17.3 Å². The van der Waals surface area contributed by atoms with E-state index in [0.717, 1.165) is 69.0 Å². The second-order valence-corrected chi connectivity index (χ2v) is 8.24. The Morgan fingerprint density at radius 2 is 2.17 bits per heavy atom. The predicted molar refractivity (Wildman–Crippen MR) is 107 cm³/mol. The summed E-state index contributed by atoms with van der Waals surface area (Å²) in [7, 11) is 1.64. The lowest BCUT2D eigenvalue weighted by molar-refractivity contribution is -0.146. The van der Waals surface area contributed by atoms with E-state index in [4.69, 9.17) is 14.0 Å². The maximum atomic E-state index is 12.8. The summed E-state index contributed by atoms with van der Waals surface area (Å²) in [6.45, 7) is 4.09. The van der Waals surface area contributed by atoms with Crippen LogP contribution < -0.4 is 4.74 Å². The van der Waals surface area contributed by atoms with Crippen molar-refractivity contribution in [1.82, 2.24) is 15.0 Å². The lowest BCUT2D eigenvalue weighted by Crippen LogP contribution is -2.51. The van der Waals surface area contributed by atoms with E-state index >= 15 is 0 Å². The number of aryl methyl sites for hydroxylation is 1. The van der Waals surface area contributed by atoms with Gasteiger partial charge in [-0.15, -0.1) is 0 Å². The number of aromatic nitrogens is 2. The molecule has 29 heavy (non-hydrogen) atoms. The van der Waals surface area contributed by atoms with Crippen molar-refractivity contribution < 1.29 is 18.8 Å². The molecule has 0 saturated carbocycles. The Morgan fingerprint density at radius 1 is 1.34 bits per heavy atom. The van der Waals surface area contributed by atoms with Gasteiger partial charge in [0.1, 0.15) is 5.75 Å². The molecular weight excluding hydrogens is 370 g/mol. The van der Waals surface area contributed by atoms with E-state index in [2.05, 4.69) is 10.1 Å². The number of hydrogen-bond acceptors (Lipinski definition) is 6. The smallest absolute Gasteiger partial charge is 0.226 e. The Hall–Kier alpha value is -2.41. The zero-order chi connectivity index (χ0) is 20.3. The fourth-order valence-electron chi connectivity index (χ4n) is 4.55. The summed E-state index contributed by atoms with van der Waals surface area (Å²) in [6, 6.07) is 7.72. The topological polar surface area (TPSA) is 77.7 Å². The molecule has 1 atom stereocenters. The third-order valence-electron chi connectivity index (χ3n) is 6.14. The van der Waals surface area contributed by atoms with Crippen molar-refractivity contribution in [3.63, 3.8) is 0 Å². The summed E-state index contributed by atoms with van der Waals surface area (Å²) in [5, 5.41) is 3.89. The van der Waals surface area contributed by atoms with Gasteiger partial charge in [0.2, 0.25) is 11.8 Å². The van der Waals surface area contributed by atoms with Gasteiger partial charge in [0.05, 0.1) is 19.1 Å². The highest BCUT2D eigenvalue weighted by Crippen LogP contribution is 2.38. The summed E-state index contributed by atoms with van der Waals surface area (Å²) in [5.41, 5.74) is 0.864. The second-order valence-electron chi connectivity index (χ2n) is 8.24.